The van der Waals surface area contributed by atoms with Crippen LogP contribution in [0.3, 0.4) is 0 Å². The SMILES string of the molecule is NCCSCc1ccno1. The van der Waals surface area contributed by atoms with Gasteiger partial charge in [0.2, 0.25) is 0 Å². The van der Waals surface area contributed by atoms with E-state index in [4.69, 9.17) is 10.3 Å². The van der Waals surface area contributed by atoms with Gasteiger partial charge in [-0.1, -0.05) is 5.16 Å². The molecule has 2 N–H and O–H groups in total. The van der Waals surface area contributed by atoms with Crippen LogP contribution in [0.5, 0.6) is 0 Å². The van der Waals surface area contributed by atoms with Gasteiger partial charge in [-0.3, -0.25) is 0 Å². The summed E-state index contributed by atoms with van der Waals surface area (Å²) in [5.41, 5.74) is 5.30. The minimum absolute atomic E-state index is 0.721. The molecule has 0 aliphatic heterocycles. The lowest BCUT2D eigenvalue weighted by Gasteiger charge is -1.92. The molecule has 0 aliphatic carbocycles. The van der Waals surface area contributed by atoms with Crippen molar-refractivity contribution in [1.29, 1.82) is 0 Å². The maximum absolute atomic E-state index is 5.30. The summed E-state index contributed by atoms with van der Waals surface area (Å²) >= 11 is 1.75. The maximum Gasteiger partial charge on any atom is 0.146 e. The summed E-state index contributed by atoms with van der Waals surface area (Å²) in [7, 11) is 0. The summed E-state index contributed by atoms with van der Waals surface area (Å²) in [5, 5.41) is 3.58. The van der Waals surface area contributed by atoms with Crippen molar-refractivity contribution in [2.75, 3.05) is 12.3 Å². The monoisotopic (exact) mass is 158 g/mol. The van der Waals surface area contributed by atoms with Gasteiger partial charge in [0.15, 0.2) is 0 Å². The predicted octanol–water partition coefficient (Wildman–Crippen LogP) is 0.867. The van der Waals surface area contributed by atoms with E-state index in [1.807, 2.05) is 6.07 Å². The first kappa shape index (κ1) is 7.63. The molecule has 0 amide bonds. The Kier molecular flexibility index (Phi) is 3.32. The second-order valence-electron chi connectivity index (χ2n) is 1.82. The number of nitrogens with zero attached hydrogens (tertiary/aromatic N) is 1. The van der Waals surface area contributed by atoms with Crippen LogP contribution in [-0.2, 0) is 5.75 Å². The van der Waals surface area contributed by atoms with Crippen LogP contribution in [0.15, 0.2) is 16.8 Å². The van der Waals surface area contributed by atoms with Crippen molar-refractivity contribution in [1.82, 2.24) is 5.16 Å². The lowest BCUT2D eigenvalue weighted by Crippen LogP contribution is -2.01. The van der Waals surface area contributed by atoms with E-state index in [-0.39, 0.29) is 0 Å². The highest BCUT2D eigenvalue weighted by Crippen LogP contribution is 2.09. The van der Waals surface area contributed by atoms with Gasteiger partial charge in [-0.15, -0.1) is 0 Å². The van der Waals surface area contributed by atoms with Gasteiger partial charge in [-0.2, -0.15) is 11.8 Å². The standard InChI is InChI=1S/C6H10N2OS/c7-2-4-10-5-6-1-3-8-9-6/h1,3H,2,4-5,7H2. The Bertz CT molecular complexity index is 164. The molecule has 1 aromatic rings. The van der Waals surface area contributed by atoms with Crippen LogP contribution in [-0.4, -0.2) is 17.5 Å². The molecule has 0 atom stereocenters. The molecule has 0 saturated heterocycles. The van der Waals surface area contributed by atoms with Gasteiger partial charge in [0.1, 0.15) is 5.76 Å². The number of aromatic nitrogens is 1. The van der Waals surface area contributed by atoms with Crippen molar-refractivity contribution in [3.63, 3.8) is 0 Å². The van der Waals surface area contributed by atoms with E-state index in [0.29, 0.717) is 0 Å². The third-order valence-corrected chi connectivity index (χ3v) is 2.01. The van der Waals surface area contributed by atoms with E-state index in [2.05, 4.69) is 5.16 Å². The van der Waals surface area contributed by atoms with Crippen molar-refractivity contribution in [3.8, 4) is 0 Å². The average Bonchev–Trinajstić information content (AvgIpc) is 2.41. The molecular weight excluding hydrogens is 148 g/mol. The van der Waals surface area contributed by atoms with Gasteiger partial charge in [0.05, 0.1) is 11.9 Å². The summed E-state index contributed by atoms with van der Waals surface area (Å²) in [6.45, 7) is 0.721. The summed E-state index contributed by atoms with van der Waals surface area (Å²) in [4.78, 5) is 0. The Morgan fingerprint density at radius 3 is 3.20 bits per heavy atom. The second kappa shape index (κ2) is 4.35. The molecule has 0 spiro atoms. The number of rotatable bonds is 4. The first-order valence-corrected chi connectivity index (χ1v) is 4.26. The molecule has 10 heavy (non-hydrogen) atoms. The van der Waals surface area contributed by atoms with Crippen LogP contribution in [0.1, 0.15) is 5.76 Å². The number of nitrogens with two attached hydrogens (primary N) is 1. The van der Waals surface area contributed by atoms with Gasteiger partial charge < -0.3 is 10.3 Å². The fourth-order valence-electron chi connectivity index (χ4n) is 0.573. The summed E-state index contributed by atoms with van der Waals surface area (Å²) in [6, 6.07) is 1.86. The zero-order valence-corrected chi connectivity index (χ0v) is 6.43. The molecular formula is C6H10N2OS. The molecule has 0 bridgehead atoms. The van der Waals surface area contributed by atoms with Gasteiger partial charge in [-0.05, 0) is 0 Å². The van der Waals surface area contributed by atoms with Crippen LogP contribution < -0.4 is 5.73 Å². The highest BCUT2D eigenvalue weighted by molar-refractivity contribution is 7.98. The molecule has 0 saturated carbocycles. The molecule has 1 rings (SSSR count). The molecule has 0 aromatic carbocycles. The van der Waals surface area contributed by atoms with Gasteiger partial charge in [-0.25, -0.2) is 0 Å². The lowest BCUT2D eigenvalue weighted by molar-refractivity contribution is 0.395. The molecule has 56 valence electrons. The van der Waals surface area contributed by atoms with Crippen molar-refractivity contribution in [3.05, 3.63) is 18.0 Å². The maximum atomic E-state index is 5.30. The Morgan fingerprint density at radius 1 is 1.70 bits per heavy atom. The minimum atomic E-state index is 0.721. The zero-order chi connectivity index (χ0) is 7.23. The van der Waals surface area contributed by atoms with Crippen LogP contribution >= 0.6 is 11.8 Å². The van der Waals surface area contributed by atoms with Gasteiger partial charge >= 0.3 is 0 Å². The Balaban J connectivity index is 2.15. The third-order valence-electron chi connectivity index (χ3n) is 0.998. The highest BCUT2D eigenvalue weighted by Gasteiger charge is 1.94. The van der Waals surface area contributed by atoms with Crippen molar-refractivity contribution >= 4 is 11.8 Å². The van der Waals surface area contributed by atoms with E-state index in [0.717, 1.165) is 23.8 Å². The lowest BCUT2D eigenvalue weighted by atomic mass is 10.5. The van der Waals surface area contributed by atoms with Crippen LogP contribution in [0.25, 0.3) is 0 Å². The largest absolute Gasteiger partial charge is 0.361 e. The molecule has 4 heteroatoms. The van der Waals surface area contributed by atoms with Crippen LogP contribution in [0.2, 0.25) is 0 Å². The van der Waals surface area contributed by atoms with E-state index < -0.39 is 0 Å². The van der Waals surface area contributed by atoms with Crippen LogP contribution in [0.4, 0.5) is 0 Å². The van der Waals surface area contributed by atoms with E-state index in [1.54, 1.807) is 18.0 Å². The molecule has 1 aromatic heterocycles. The molecule has 3 nitrogen and oxygen atoms in total. The average molecular weight is 158 g/mol. The topological polar surface area (TPSA) is 52.0 Å². The number of thioether (sulfide) groups is 1. The summed E-state index contributed by atoms with van der Waals surface area (Å²) in [5.74, 6) is 2.76. The van der Waals surface area contributed by atoms with Gasteiger partial charge in [0, 0.05) is 18.4 Å². The van der Waals surface area contributed by atoms with Gasteiger partial charge in [0.25, 0.3) is 0 Å². The first-order valence-electron chi connectivity index (χ1n) is 3.11. The highest BCUT2D eigenvalue weighted by atomic mass is 32.2. The molecule has 0 unspecified atom stereocenters. The predicted molar refractivity (Wildman–Crippen MR) is 41.7 cm³/mol. The van der Waals surface area contributed by atoms with Crippen molar-refractivity contribution < 1.29 is 4.52 Å². The zero-order valence-electron chi connectivity index (χ0n) is 5.62. The normalized spacial score (nSPS) is 10.1. The first-order chi connectivity index (χ1) is 4.93. The second-order valence-corrected chi connectivity index (χ2v) is 2.93. The Hall–Kier alpha value is -0.480. The number of hydrogen-bond acceptors (Lipinski definition) is 4. The molecule has 0 fully saturated rings. The molecule has 0 radical (unpaired) electrons. The smallest absolute Gasteiger partial charge is 0.146 e. The Morgan fingerprint density at radius 2 is 2.60 bits per heavy atom. The third kappa shape index (κ3) is 2.41. The van der Waals surface area contributed by atoms with E-state index >= 15 is 0 Å². The molecule has 1 heterocycles. The molecule has 0 aliphatic rings. The van der Waals surface area contributed by atoms with Crippen molar-refractivity contribution in [2.45, 2.75) is 5.75 Å². The van der Waals surface area contributed by atoms with E-state index in [9.17, 15) is 0 Å². The van der Waals surface area contributed by atoms with Crippen molar-refractivity contribution in [2.24, 2.45) is 5.73 Å². The quantitative estimate of drug-likeness (QED) is 0.660. The fraction of sp³-hybridized carbons (Fsp3) is 0.500. The van der Waals surface area contributed by atoms with E-state index in [1.165, 1.54) is 0 Å². The fourth-order valence-corrected chi connectivity index (χ4v) is 1.23. The number of hydrogen-bond donors (Lipinski definition) is 1. The Labute approximate surface area is 64.0 Å². The van der Waals surface area contributed by atoms with Crippen LogP contribution in [0, 0.1) is 0 Å². The minimum Gasteiger partial charge on any atom is -0.361 e. The summed E-state index contributed by atoms with van der Waals surface area (Å²) < 4.78 is 4.87. The summed E-state index contributed by atoms with van der Waals surface area (Å²) in [6.07, 6.45) is 1.65.